The highest BCUT2D eigenvalue weighted by Crippen LogP contribution is 2.20. The zero-order valence-electron chi connectivity index (χ0n) is 6.34. The van der Waals surface area contributed by atoms with Crippen molar-refractivity contribution < 1.29 is 9.90 Å². The molecule has 0 bridgehead atoms. The SMILES string of the molecule is O=C(O)c1cc(Br)ccc1NNCl. The summed E-state index contributed by atoms with van der Waals surface area (Å²) in [5.74, 6) is -1.02. The average Bonchev–Trinajstić information content (AvgIpc) is 2.08. The molecule has 0 amide bonds. The molecule has 0 spiro atoms. The molecule has 1 aromatic carbocycles. The van der Waals surface area contributed by atoms with Gasteiger partial charge in [-0.1, -0.05) is 15.9 Å². The fourth-order valence-electron chi connectivity index (χ4n) is 0.853. The minimum Gasteiger partial charge on any atom is -0.478 e. The van der Waals surface area contributed by atoms with Crippen LogP contribution in [0.15, 0.2) is 22.7 Å². The van der Waals surface area contributed by atoms with Crippen molar-refractivity contribution >= 4 is 39.4 Å². The Labute approximate surface area is 88.1 Å². The fourth-order valence-corrected chi connectivity index (χ4v) is 1.32. The minimum absolute atomic E-state index is 0.141. The monoisotopic (exact) mass is 264 g/mol. The Kier molecular flexibility index (Phi) is 3.53. The van der Waals surface area contributed by atoms with Crippen molar-refractivity contribution in [2.45, 2.75) is 0 Å². The van der Waals surface area contributed by atoms with Crippen LogP contribution >= 0.6 is 27.7 Å². The maximum absolute atomic E-state index is 10.7. The largest absolute Gasteiger partial charge is 0.478 e. The molecule has 1 rings (SSSR count). The van der Waals surface area contributed by atoms with Crippen LogP contribution in [0.4, 0.5) is 5.69 Å². The van der Waals surface area contributed by atoms with Crippen LogP contribution in [0.3, 0.4) is 0 Å². The van der Waals surface area contributed by atoms with E-state index in [1.807, 2.05) is 0 Å². The van der Waals surface area contributed by atoms with E-state index in [0.717, 1.165) is 0 Å². The summed E-state index contributed by atoms with van der Waals surface area (Å²) in [5.41, 5.74) is 3.05. The Hall–Kier alpha value is -0.780. The first-order chi connectivity index (χ1) is 6.15. The second kappa shape index (κ2) is 4.45. The maximum Gasteiger partial charge on any atom is 0.337 e. The number of carbonyl (C=O) groups is 1. The highest BCUT2D eigenvalue weighted by atomic mass is 79.9. The molecule has 3 N–H and O–H groups in total. The molecule has 6 heteroatoms. The van der Waals surface area contributed by atoms with Gasteiger partial charge in [0, 0.05) is 4.47 Å². The molecule has 4 nitrogen and oxygen atoms in total. The van der Waals surface area contributed by atoms with Crippen molar-refractivity contribution in [3.05, 3.63) is 28.2 Å². The summed E-state index contributed by atoms with van der Waals surface area (Å²) in [6.45, 7) is 0. The summed E-state index contributed by atoms with van der Waals surface area (Å²) < 4.78 is 0.699. The van der Waals surface area contributed by atoms with Crippen molar-refractivity contribution in [3.8, 4) is 0 Å². The van der Waals surface area contributed by atoms with Gasteiger partial charge in [0.05, 0.1) is 11.3 Å². The first-order valence-corrected chi connectivity index (χ1v) is 4.46. The standard InChI is InChI=1S/C7H6BrClN2O2/c8-4-1-2-6(10-11-9)5(3-4)7(12)13/h1-3,10-11H,(H,12,13). The van der Waals surface area contributed by atoms with E-state index in [1.54, 1.807) is 12.1 Å². The van der Waals surface area contributed by atoms with Crippen LogP contribution in [0, 0.1) is 0 Å². The number of anilines is 1. The molecule has 0 radical (unpaired) electrons. The lowest BCUT2D eigenvalue weighted by Gasteiger charge is -2.06. The first kappa shape index (κ1) is 10.3. The Morgan fingerprint density at radius 3 is 2.77 bits per heavy atom. The van der Waals surface area contributed by atoms with Crippen LogP contribution < -0.4 is 10.4 Å². The predicted octanol–water partition coefficient (Wildman–Crippen LogP) is 2.22. The van der Waals surface area contributed by atoms with Crippen molar-refractivity contribution in [2.75, 3.05) is 5.43 Å². The molecule has 0 fully saturated rings. The highest BCUT2D eigenvalue weighted by Gasteiger charge is 2.09. The van der Waals surface area contributed by atoms with E-state index in [2.05, 4.69) is 26.3 Å². The number of nitrogens with one attached hydrogen (secondary N) is 2. The lowest BCUT2D eigenvalue weighted by molar-refractivity contribution is 0.0698. The number of hydrogen-bond acceptors (Lipinski definition) is 3. The number of carboxylic acid groups (broad SMARTS) is 1. The second-order valence-corrected chi connectivity index (χ2v) is 3.32. The normalized spacial score (nSPS) is 9.69. The van der Waals surface area contributed by atoms with E-state index in [1.165, 1.54) is 6.07 Å². The predicted molar refractivity (Wildman–Crippen MR) is 53.7 cm³/mol. The van der Waals surface area contributed by atoms with Crippen LogP contribution in [-0.2, 0) is 0 Å². The molecule has 0 aliphatic rings. The van der Waals surface area contributed by atoms with Crippen LogP contribution in [0.1, 0.15) is 10.4 Å². The van der Waals surface area contributed by atoms with Gasteiger partial charge in [0.1, 0.15) is 0 Å². The van der Waals surface area contributed by atoms with Gasteiger partial charge in [-0.25, -0.2) is 4.79 Å². The Bertz CT molecular complexity index is 332. The molecule has 0 aliphatic heterocycles. The molecule has 0 saturated carbocycles. The summed E-state index contributed by atoms with van der Waals surface area (Å²) in [6.07, 6.45) is 0. The van der Waals surface area contributed by atoms with Gasteiger partial charge in [-0.05, 0) is 30.0 Å². The molecule has 13 heavy (non-hydrogen) atoms. The third-order valence-corrected chi connectivity index (χ3v) is 1.98. The summed E-state index contributed by atoms with van der Waals surface area (Å²) in [7, 11) is 0. The number of rotatable bonds is 3. The molecule has 0 atom stereocenters. The molecule has 0 aromatic heterocycles. The Balaban J connectivity index is 3.10. The van der Waals surface area contributed by atoms with Gasteiger partial charge in [0.2, 0.25) is 0 Å². The van der Waals surface area contributed by atoms with E-state index in [9.17, 15) is 4.79 Å². The zero-order chi connectivity index (χ0) is 9.84. The van der Waals surface area contributed by atoms with Gasteiger partial charge >= 0.3 is 5.97 Å². The lowest BCUT2D eigenvalue weighted by atomic mass is 10.2. The van der Waals surface area contributed by atoms with Crippen molar-refractivity contribution in [3.63, 3.8) is 0 Å². The van der Waals surface area contributed by atoms with Gasteiger partial charge in [0.25, 0.3) is 0 Å². The molecule has 0 unspecified atom stereocenters. The van der Waals surface area contributed by atoms with Gasteiger partial charge in [-0.3, -0.25) is 0 Å². The smallest absolute Gasteiger partial charge is 0.337 e. The molecule has 70 valence electrons. The number of hydrazine groups is 1. The van der Waals surface area contributed by atoms with E-state index in [0.29, 0.717) is 10.2 Å². The zero-order valence-corrected chi connectivity index (χ0v) is 8.69. The van der Waals surface area contributed by atoms with E-state index >= 15 is 0 Å². The number of hydrogen-bond donors (Lipinski definition) is 3. The second-order valence-electron chi connectivity index (χ2n) is 2.21. The topological polar surface area (TPSA) is 61.4 Å². The lowest BCUT2D eigenvalue weighted by Crippen LogP contribution is -2.12. The molecular formula is C7H6BrClN2O2. The number of benzene rings is 1. The van der Waals surface area contributed by atoms with Crippen LogP contribution in [0.25, 0.3) is 0 Å². The van der Waals surface area contributed by atoms with Gasteiger partial charge < -0.3 is 10.5 Å². The van der Waals surface area contributed by atoms with Crippen LogP contribution in [-0.4, -0.2) is 11.1 Å². The molecular weight excluding hydrogens is 259 g/mol. The van der Waals surface area contributed by atoms with Gasteiger partial charge in [-0.15, -0.1) is 4.94 Å². The van der Waals surface area contributed by atoms with Crippen molar-refractivity contribution in [1.29, 1.82) is 0 Å². The van der Waals surface area contributed by atoms with Crippen LogP contribution in [0.5, 0.6) is 0 Å². The average molecular weight is 265 g/mol. The van der Waals surface area contributed by atoms with Crippen LogP contribution in [0.2, 0.25) is 0 Å². The summed E-state index contributed by atoms with van der Waals surface area (Å²) in [5, 5.41) is 8.79. The number of halogens is 2. The molecule has 0 aliphatic carbocycles. The van der Waals surface area contributed by atoms with Gasteiger partial charge in [0.15, 0.2) is 0 Å². The highest BCUT2D eigenvalue weighted by molar-refractivity contribution is 9.10. The first-order valence-electron chi connectivity index (χ1n) is 3.29. The minimum atomic E-state index is -1.02. The summed E-state index contributed by atoms with van der Waals surface area (Å²) >= 11 is 8.36. The Morgan fingerprint density at radius 1 is 1.54 bits per heavy atom. The number of carboxylic acids is 1. The third-order valence-electron chi connectivity index (χ3n) is 1.39. The third kappa shape index (κ3) is 2.58. The quantitative estimate of drug-likeness (QED) is 0.579. The summed E-state index contributed by atoms with van der Waals surface area (Å²) in [4.78, 5) is 12.9. The Morgan fingerprint density at radius 2 is 2.23 bits per heavy atom. The van der Waals surface area contributed by atoms with Crippen molar-refractivity contribution in [2.24, 2.45) is 0 Å². The fraction of sp³-hybridized carbons (Fsp3) is 0. The van der Waals surface area contributed by atoms with E-state index < -0.39 is 5.97 Å². The van der Waals surface area contributed by atoms with E-state index in [-0.39, 0.29) is 5.56 Å². The molecule has 0 heterocycles. The molecule has 1 aromatic rings. The molecule has 0 saturated heterocycles. The number of aromatic carboxylic acids is 1. The van der Waals surface area contributed by atoms with Crippen molar-refractivity contribution in [1.82, 2.24) is 4.94 Å². The van der Waals surface area contributed by atoms with Gasteiger partial charge in [-0.2, -0.15) is 0 Å². The summed E-state index contributed by atoms with van der Waals surface area (Å²) in [6, 6.07) is 4.80. The maximum atomic E-state index is 10.7. The van der Waals surface area contributed by atoms with E-state index in [4.69, 9.17) is 16.9 Å².